The zero-order chi connectivity index (χ0) is 13.5. The van der Waals surface area contributed by atoms with Crippen LogP contribution in [-0.2, 0) is 10.3 Å². The summed E-state index contributed by atoms with van der Waals surface area (Å²) in [6.45, 7) is 2.16. The Kier molecular flexibility index (Phi) is 3.14. The van der Waals surface area contributed by atoms with Gasteiger partial charge in [-0.1, -0.05) is 5.16 Å². The molecule has 0 aromatic carbocycles. The molecule has 0 saturated carbocycles. The fourth-order valence-corrected chi connectivity index (χ4v) is 3.82. The van der Waals surface area contributed by atoms with Gasteiger partial charge < -0.3 is 15.0 Å². The molecular weight excluding hydrogens is 282 g/mol. The molecule has 7 heteroatoms. The van der Waals surface area contributed by atoms with Crippen LogP contribution < -0.4 is 5.73 Å². The van der Waals surface area contributed by atoms with E-state index < -0.39 is 5.54 Å². The molecule has 0 aliphatic heterocycles. The van der Waals surface area contributed by atoms with Crippen molar-refractivity contribution in [3.05, 3.63) is 23.3 Å². The summed E-state index contributed by atoms with van der Waals surface area (Å²) in [5.74, 6) is 0.970. The van der Waals surface area contributed by atoms with Gasteiger partial charge in [0, 0.05) is 16.5 Å². The molecule has 0 aliphatic carbocycles. The summed E-state index contributed by atoms with van der Waals surface area (Å²) in [4.78, 5) is 5.34. The highest BCUT2D eigenvalue weighted by molar-refractivity contribution is 7.28. The van der Waals surface area contributed by atoms with Crippen molar-refractivity contribution in [1.29, 1.82) is 0 Å². The molecule has 3 aromatic rings. The summed E-state index contributed by atoms with van der Waals surface area (Å²) < 4.78 is 12.8. The van der Waals surface area contributed by atoms with E-state index in [-0.39, 0.29) is 0 Å². The number of aromatic nitrogens is 2. The van der Waals surface area contributed by atoms with Gasteiger partial charge in [-0.15, -0.1) is 22.7 Å². The van der Waals surface area contributed by atoms with Gasteiger partial charge in [0.2, 0.25) is 0 Å². The van der Waals surface area contributed by atoms with Crippen LogP contribution in [0.2, 0.25) is 0 Å². The summed E-state index contributed by atoms with van der Waals surface area (Å²) in [5, 5.41) is 6.03. The highest BCUT2D eigenvalue weighted by atomic mass is 32.1. The Balaban J connectivity index is 1.94. The van der Waals surface area contributed by atoms with Crippen molar-refractivity contribution < 1.29 is 9.26 Å². The smallest absolute Gasteiger partial charge is 0.268 e. The van der Waals surface area contributed by atoms with Crippen molar-refractivity contribution in [3.63, 3.8) is 0 Å². The van der Waals surface area contributed by atoms with Crippen molar-refractivity contribution in [2.24, 2.45) is 5.73 Å². The maximum Gasteiger partial charge on any atom is 0.268 e. The van der Waals surface area contributed by atoms with Crippen LogP contribution in [0.3, 0.4) is 0 Å². The number of methoxy groups -OCH3 is 1. The largest absolute Gasteiger partial charge is 0.382 e. The van der Waals surface area contributed by atoms with E-state index in [9.17, 15) is 0 Å². The SMILES string of the molecule is COCC(C)(N)c1noc(-c2cc3sccc3s2)n1. The lowest BCUT2D eigenvalue weighted by Crippen LogP contribution is -2.38. The van der Waals surface area contributed by atoms with Crippen LogP contribution >= 0.6 is 22.7 Å². The first-order chi connectivity index (χ1) is 9.10. The molecule has 1 unspecified atom stereocenters. The molecule has 3 aromatic heterocycles. The number of ether oxygens (including phenoxy) is 1. The number of nitrogens with two attached hydrogens (primary N) is 1. The molecule has 3 heterocycles. The molecule has 0 aliphatic rings. The normalized spacial score (nSPS) is 14.9. The third kappa shape index (κ3) is 2.30. The number of thiophene rings is 2. The average molecular weight is 295 g/mol. The summed E-state index contributed by atoms with van der Waals surface area (Å²) in [5.41, 5.74) is 5.35. The predicted molar refractivity (Wildman–Crippen MR) is 76.4 cm³/mol. The molecule has 0 saturated heterocycles. The van der Waals surface area contributed by atoms with Crippen LogP contribution in [0, 0.1) is 0 Å². The van der Waals surface area contributed by atoms with E-state index in [4.69, 9.17) is 15.0 Å². The molecule has 0 spiro atoms. The second kappa shape index (κ2) is 4.68. The lowest BCUT2D eigenvalue weighted by atomic mass is 10.1. The van der Waals surface area contributed by atoms with Crippen molar-refractivity contribution in [2.75, 3.05) is 13.7 Å². The average Bonchev–Trinajstić information content (AvgIpc) is 3.03. The van der Waals surface area contributed by atoms with Gasteiger partial charge in [0.25, 0.3) is 5.89 Å². The first-order valence-electron chi connectivity index (χ1n) is 5.69. The number of fused-ring (bicyclic) bond motifs is 1. The van der Waals surface area contributed by atoms with Crippen molar-refractivity contribution in [3.8, 4) is 10.8 Å². The molecule has 5 nitrogen and oxygen atoms in total. The number of hydrogen-bond donors (Lipinski definition) is 1. The van der Waals surface area contributed by atoms with Gasteiger partial charge in [-0.3, -0.25) is 0 Å². The molecule has 0 radical (unpaired) electrons. The standard InChI is InChI=1S/C12H13N3O2S2/c1-12(13,6-16-2)11-14-10(17-15-11)9-5-8-7(19-9)3-4-18-8/h3-5H,6,13H2,1-2H3. The molecular formula is C12H13N3O2S2. The summed E-state index contributed by atoms with van der Waals surface area (Å²) >= 11 is 3.34. The second-order valence-corrected chi connectivity index (χ2v) is 6.56. The zero-order valence-corrected chi connectivity index (χ0v) is 12.2. The zero-order valence-electron chi connectivity index (χ0n) is 10.5. The van der Waals surface area contributed by atoms with Crippen LogP contribution in [0.1, 0.15) is 12.7 Å². The molecule has 0 bridgehead atoms. The highest BCUT2D eigenvalue weighted by Crippen LogP contribution is 2.35. The van der Waals surface area contributed by atoms with E-state index in [0.29, 0.717) is 18.3 Å². The highest BCUT2D eigenvalue weighted by Gasteiger charge is 2.28. The lowest BCUT2D eigenvalue weighted by molar-refractivity contribution is 0.135. The van der Waals surface area contributed by atoms with Gasteiger partial charge in [-0.25, -0.2) is 0 Å². The van der Waals surface area contributed by atoms with Crippen LogP contribution in [0.25, 0.3) is 20.2 Å². The van der Waals surface area contributed by atoms with E-state index in [1.807, 2.05) is 6.92 Å². The monoisotopic (exact) mass is 295 g/mol. The number of hydrogen-bond acceptors (Lipinski definition) is 7. The van der Waals surface area contributed by atoms with Crippen molar-refractivity contribution >= 4 is 32.1 Å². The minimum atomic E-state index is -0.745. The Hall–Kier alpha value is -1.28. The molecule has 0 fully saturated rings. The number of nitrogens with zero attached hydrogens (tertiary/aromatic N) is 2. The Bertz CT molecular complexity index is 670. The third-order valence-corrected chi connectivity index (χ3v) is 4.81. The van der Waals surface area contributed by atoms with Gasteiger partial charge in [-0.05, 0) is 24.4 Å². The van der Waals surface area contributed by atoms with Gasteiger partial charge in [0.05, 0.1) is 11.5 Å². The maximum absolute atomic E-state index is 6.09. The first-order valence-corrected chi connectivity index (χ1v) is 7.39. The minimum Gasteiger partial charge on any atom is -0.382 e. The molecule has 3 rings (SSSR count). The van der Waals surface area contributed by atoms with E-state index in [2.05, 4.69) is 27.7 Å². The Morgan fingerprint density at radius 1 is 1.47 bits per heavy atom. The molecule has 100 valence electrons. The predicted octanol–water partition coefficient (Wildman–Crippen LogP) is 2.83. The van der Waals surface area contributed by atoms with Crippen LogP contribution in [0.5, 0.6) is 0 Å². The fraction of sp³-hybridized carbons (Fsp3) is 0.333. The van der Waals surface area contributed by atoms with Gasteiger partial charge in [0.15, 0.2) is 5.82 Å². The fourth-order valence-electron chi connectivity index (χ4n) is 1.79. The summed E-state index contributed by atoms with van der Waals surface area (Å²) in [6, 6.07) is 4.15. The summed E-state index contributed by atoms with van der Waals surface area (Å²) in [7, 11) is 1.60. The van der Waals surface area contributed by atoms with E-state index in [0.717, 1.165) is 4.88 Å². The Morgan fingerprint density at radius 2 is 2.32 bits per heavy atom. The van der Waals surface area contributed by atoms with Crippen LogP contribution in [0.4, 0.5) is 0 Å². The maximum atomic E-state index is 6.09. The second-order valence-electron chi connectivity index (χ2n) is 4.53. The molecule has 0 amide bonds. The summed E-state index contributed by atoms with van der Waals surface area (Å²) in [6.07, 6.45) is 0. The molecule has 19 heavy (non-hydrogen) atoms. The van der Waals surface area contributed by atoms with Crippen LogP contribution in [0.15, 0.2) is 22.0 Å². The first kappa shape index (κ1) is 12.7. The molecule has 2 N–H and O–H groups in total. The van der Waals surface area contributed by atoms with Crippen molar-refractivity contribution in [1.82, 2.24) is 10.1 Å². The minimum absolute atomic E-state index is 0.339. The van der Waals surface area contributed by atoms with E-state index >= 15 is 0 Å². The lowest BCUT2D eigenvalue weighted by Gasteiger charge is -2.18. The van der Waals surface area contributed by atoms with Crippen LogP contribution in [-0.4, -0.2) is 23.9 Å². The van der Waals surface area contributed by atoms with Gasteiger partial charge >= 0.3 is 0 Å². The quantitative estimate of drug-likeness (QED) is 0.801. The molecule has 1 atom stereocenters. The van der Waals surface area contributed by atoms with Gasteiger partial charge in [-0.2, -0.15) is 4.98 Å². The van der Waals surface area contributed by atoms with Crippen molar-refractivity contribution in [2.45, 2.75) is 12.5 Å². The van der Waals surface area contributed by atoms with E-state index in [1.54, 1.807) is 29.8 Å². The topological polar surface area (TPSA) is 74.2 Å². The van der Waals surface area contributed by atoms with E-state index in [1.165, 1.54) is 9.40 Å². The van der Waals surface area contributed by atoms with Gasteiger partial charge in [0.1, 0.15) is 5.54 Å². The number of rotatable bonds is 4. The Morgan fingerprint density at radius 3 is 3.05 bits per heavy atom. The Labute approximate surface area is 118 Å². The third-order valence-electron chi connectivity index (χ3n) is 2.73.